The second kappa shape index (κ2) is 9.12. The van der Waals surface area contributed by atoms with Crippen LogP contribution in [0.15, 0.2) is 0 Å². The fourth-order valence-electron chi connectivity index (χ4n) is 1.89. The number of nitrogens with one attached hydrogen (secondary N) is 1. The van der Waals surface area contributed by atoms with E-state index in [1.807, 2.05) is 0 Å². The van der Waals surface area contributed by atoms with E-state index in [-0.39, 0.29) is 9.84 Å². The zero-order valence-corrected chi connectivity index (χ0v) is 13.4. The molecule has 0 saturated carbocycles. The largest absolute Gasteiger partial charge is 0.322 e. The summed E-state index contributed by atoms with van der Waals surface area (Å²) in [6.45, 7) is 13.4. The van der Waals surface area contributed by atoms with Crippen molar-refractivity contribution in [3.63, 3.8) is 0 Å². The van der Waals surface area contributed by atoms with E-state index in [1.165, 1.54) is 0 Å². The highest BCUT2D eigenvalue weighted by atomic mass is 28.2. The van der Waals surface area contributed by atoms with Gasteiger partial charge in [0.05, 0.1) is 0 Å². The Labute approximate surface area is 104 Å². The highest BCUT2D eigenvalue weighted by Gasteiger charge is 2.20. The van der Waals surface area contributed by atoms with E-state index in [4.69, 9.17) is 0 Å². The van der Waals surface area contributed by atoms with E-state index in [2.05, 4.69) is 61.1 Å². The van der Waals surface area contributed by atoms with Gasteiger partial charge in [0.1, 0.15) is 6.29 Å². The number of hydrogen-bond donors (Lipinski definition) is 1. The van der Waals surface area contributed by atoms with E-state index in [0.717, 1.165) is 26.2 Å². The molecule has 0 heterocycles. The van der Waals surface area contributed by atoms with E-state index >= 15 is 0 Å². The molecule has 0 aromatic carbocycles. The summed E-state index contributed by atoms with van der Waals surface area (Å²) in [6.07, 6.45) is 0.416. The van der Waals surface area contributed by atoms with E-state index in [0.29, 0.717) is 6.29 Å². The normalized spacial score (nSPS) is 13.1. The molecule has 1 N–H and O–H groups in total. The minimum absolute atomic E-state index is 0.324. The maximum absolute atomic E-state index is 3.74. The first kappa shape index (κ1) is 16.1. The van der Waals surface area contributed by atoms with Gasteiger partial charge in [0.25, 0.3) is 0 Å². The molecule has 0 amide bonds. The van der Waals surface area contributed by atoms with Gasteiger partial charge in [0, 0.05) is 0 Å². The van der Waals surface area contributed by atoms with Crippen molar-refractivity contribution in [2.24, 2.45) is 0 Å². The Hall–Kier alpha value is 0.0569. The molecule has 5 heteroatoms. The molecule has 0 fully saturated rings. The molecule has 0 aliphatic rings. The number of hydrogen-bond acceptors (Lipinski definition) is 4. The van der Waals surface area contributed by atoms with Crippen molar-refractivity contribution >= 4 is 9.84 Å². The molecule has 0 aliphatic carbocycles. The fourth-order valence-corrected chi connectivity index (χ4v) is 2.94. The third-order valence-electron chi connectivity index (χ3n) is 2.91. The van der Waals surface area contributed by atoms with Gasteiger partial charge in [-0.15, -0.1) is 0 Å². The molecule has 0 aromatic heterocycles. The molecule has 0 aromatic rings. The average molecular weight is 246 g/mol. The molecule has 0 unspecified atom stereocenters. The van der Waals surface area contributed by atoms with Gasteiger partial charge in [-0.2, -0.15) is 0 Å². The first-order valence-electron chi connectivity index (χ1n) is 6.46. The Balaban J connectivity index is 4.46. The molecule has 0 rings (SSSR count). The second-order valence-corrected chi connectivity index (χ2v) is 6.25. The molecule has 16 heavy (non-hydrogen) atoms. The number of rotatable bonds is 9. The lowest BCUT2D eigenvalue weighted by atomic mass is 10.4. The van der Waals surface area contributed by atoms with Crippen LogP contribution in [0.25, 0.3) is 0 Å². The quantitative estimate of drug-likeness (QED) is 0.460. The summed E-state index contributed by atoms with van der Waals surface area (Å²) in [5.74, 6) is 0. The van der Waals surface area contributed by atoms with Crippen molar-refractivity contribution in [1.29, 1.82) is 0 Å². The highest BCUT2D eigenvalue weighted by molar-refractivity contribution is 6.28. The summed E-state index contributed by atoms with van der Waals surface area (Å²) in [7, 11) is 3.98. The Morgan fingerprint density at radius 1 is 0.875 bits per heavy atom. The van der Waals surface area contributed by atoms with Crippen molar-refractivity contribution in [3.8, 4) is 0 Å². The van der Waals surface area contributed by atoms with Crippen LogP contribution < -0.4 is 4.98 Å². The third-order valence-corrected chi connectivity index (χ3v) is 4.09. The van der Waals surface area contributed by atoms with Crippen LogP contribution >= 0.6 is 0 Å². The summed E-state index contributed by atoms with van der Waals surface area (Å²) in [6, 6.07) is 0. The van der Waals surface area contributed by atoms with E-state index in [1.54, 1.807) is 0 Å². The van der Waals surface area contributed by atoms with Crippen LogP contribution in [0.3, 0.4) is 0 Å². The lowest BCUT2D eigenvalue weighted by Gasteiger charge is -2.39. The van der Waals surface area contributed by atoms with Crippen molar-refractivity contribution in [1.82, 2.24) is 19.3 Å². The molecule has 0 atom stereocenters. The van der Waals surface area contributed by atoms with Crippen LogP contribution in [0.2, 0.25) is 0 Å². The number of nitrogens with zero attached hydrogens (tertiary/aromatic N) is 3. The minimum Gasteiger partial charge on any atom is -0.322 e. The van der Waals surface area contributed by atoms with E-state index in [9.17, 15) is 0 Å². The Morgan fingerprint density at radius 2 is 1.25 bits per heavy atom. The maximum Gasteiger partial charge on any atom is 0.172 e. The summed E-state index contributed by atoms with van der Waals surface area (Å²) >= 11 is 0. The van der Waals surface area contributed by atoms with Crippen molar-refractivity contribution in [2.75, 3.05) is 40.3 Å². The van der Waals surface area contributed by atoms with Gasteiger partial charge in [-0.1, -0.05) is 27.7 Å². The standard InChI is InChI=1S/C11H30N4Si/c1-7-14(8-2)11(12-16-13(5)6)15(9-3)10-4/h11-12H,7-10,16H2,1-6H3. The molecule has 98 valence electrons. The maximum atomic E-state index is 3.74. The summed E-state index contributed by atoms with van der Waals surface area (Å²) in [4.78, 5) is 8.72. The first-order valence-corrected chi connectivity index (χ1v) is 7.80. The zero-order valence-electron chi connectivity index (χ0n) is 12.0. The zero-order chi connectivity index (χ0) is 12.6. The van der Waals surface area contributed by atoms with Gasteiger partial charge in [0.15, 0.2) is 9.84 Å². The van der Waals surface area contributed by atoms with Crippen LogP contribution in [0.1, 0.15) is 27.7 Å². The average Bonchev–Trinajstić information content (AvgIpc) is 2.27. The topological polar surface area (TPSA) is 21.8 Å². The fraction of sp³-hybridized carbons (Fsp3) is 1.00. The molecule has 0 radical (unpaired) electrons. The molecule has 0 bridgehead atoms. The van der Waals surface area contributed by atoms with Crippen LogP contribution in [0.4, 0.5) is 0 Å². The van der Waals surface area contributed by atoms with Crippen molar-refractivity contribution in [3.05, 3.63) is 0 Å². The highest BCUT2D eigenvalue weighted by Crippen LogP contribution is 2.02. The Morgan fingerprint density at radius 3 is 1.50 bits per heavy atom. The van der Waals surface area contributed by atoms with Gasteiger partial charge in [-0.3, -0.25) is 9.80 Å². The molecule has 4 nitrogen and oxygen atoms in total. The minimum atomic E-state index is -0.324. The summed E-state index contributed by atoms with van der Waals surface area (Å²) in [5.41, 5.74) is 0. The molecular formula is C11H30N4Si. The Kier molecular flexibility index (Phi) is 9.16. The van der Waals surface area contributed by atoms with Gasteiger partial charge in [0.2, 0.25) is 0 Å². The molecule has 0 spiro atoms. The molecular weight excluding hydrogens is 216 g/mol. The third kappa shape index (κ3) is 5.40. The smallest absolute Gasteiger partial charge is 0.172 e. The summed E-state index contributed by atoms with van der Waals surface area (Å²) in [5, 5.41) is 0. The van der Waals surface area contributed by atoms with Crippen LogP contribution in [-0.4, -0.2) is 70.8 Å². The lowest BCUT2D eigenvalue weighted by molar-refractivity contribution is 0.0467. The monoisotopic (exact) mass is 246 g/mol. The predicted molar refractivity (Wildman–Crippen MR) is 75.0 cm³/mol. The van der Waals surface area contributed by atoms with Crippen LogP contribution in [-0.2, 0) is 0 Å². The van der Waals surface area contributed by atoms with Crippen LogP contribution in [0.5, 0.6) is 0 Å². The first-order chi connectivity index (χ1) is 7.60. The van der Waals surface area contributed by atoms with Gasteiger partial charge >= 0.3 is 0 Å². The second-order valence-electron chi connectivity index (χ2n) is 4.26. The van der Waals surface area contributed by atoms with Gasteiger partial charge < -0.3 is 9.55 Å². The van der Waals surface area contributed by atoms with Crippen molar-refractivity contribution in [2.45, 2.75) is 34.0 Å². The lowest BCUT2D eigenvalue weighted by Crippen LogP contribution is -2.59. The van der Waals surface area contributed by atoms with Gasteiger partial charge in [-0.25, -0.2) is 0 Å². The van der Waals surface area contributed by atoms with Crippen molar-refractivity contribution < 1.29 is 0 Å². The Bertz CT molecular complexity index is 146. The van der Waals surface area contributed by atoms with E-state index < -0.39 is 0 Å². The molecule has 0 aliphatic heterocycles. The van der Waals surface area contributed by atoms with Gasteiger partial charge in [-0.05, 0) is 40.3 Å². The van der Waals surface area contributed by atoms with Crippen LogP contribution in [0, 0.1) is 0 Å². The molecule has 0 saturated heterocycles. The predicted octanol–water partition coefficient (Wildman–Crippen LogP) is 0.104. The summed E-state index contributed by atoms with van der Waals surface area (Å²) < 4.78 is 2.31. The SMILES string of the molecule is CCN(CC)C(N[SiH2]N(C)C)N(CC)CC.